The first-order chi connectivity index (χ1) is 10.6. The Labute approximate surface area is 130 Å². The average molecular weight is 320 g/mol. The molecule has 1 atom stereocenters. The zero-order valence-electron chi connectivity index (χ0n) is 12.6. The van der Waals surface area contributed by atoms with Gasteiger partial charge in [-0.05, 0) is 36.8 Å². The predicted octanol–water partition coefficient (Wildman–Crippen LogP) is 2.21. The maximum Gasteiger partial charge on any atom is 0.215 e. The lowest BCUT2D eigenvalue weighted by Crippen LogP contribution is -2.37. The Bertz CT molecular complexity index is 752. The fourth-order valence-corrected chi connectivity index (χ4v) is 4.23. The van der Waals surface area contributed by atoms with Crippen LogP contribution in [-0.4, -0.2) is 18.8 Å². The van der Waals surface area contributed by atoms with E-state index in [1.165, 1.54) is 5.56 Å². The Morgan fingerprint density at radius 2 is 2.09 bits per heavy atom. The normalized spacial score (nSPS) is 18.1. The summed E-state index contributed by atoms with van der Waals surface area (Å²) in [5, 5.41) is 3.49. The van der Waals surface area contributed by atoms with Crippen molar-refractivity contribution >= 4 is 10.0 Å². The van der Waals surface area contributed by atoms with Crippen LogP contribution in [0.15, 0.2) is 34.9 Å². The van der Waals surface area contributed by atoms with Gasteiger partial charge in [-0.2, -0.15) is 0 Å². The van der Waals surface area contributed by atoms with E-state index in [4.69, 9.17) is 4.52 Å². The quantitative estimate of drug-likeness (QED) is 0.917. The average Bonchev–Trinajstić information content (AvgIpc) is 3.01. The van der Waals surface area contributed by atoms with Crippen LogP contribution in [0.25, 0.3) is 0 Å². The molecule has 0 aliphatic heterocycles. The van der Waals surface area contributed by atoms with E-state index in [0.717, 1.165) is 24.1 Å². The SMILES string of the molecule is CCc1cc(CNS(=O)(=O)C2CCc3ccccc3C2)on1. The molecule has 22 heavy (non-hydrogen) atoms. The van der Waals surface area contributed by atoms with Crippen LogP contribution in [0, 0.1) is 0 Å². The van der Waals surface area contributed by atoms with Gasteiger partial charge in [-0.25, -0.2) is 13.1 Å². The third-order valence-corrected chi connectivity index (χ3v) is 5.98. The highest BCUT2D eigenvalue weighted by Crippen LogP contribution is 2.25. The summed E-state index contributed by atoms with van der Waals surface area (Å²) >= 11 is 0. The molecule has 0 amide bonds. The number of benzene rings is 1. The smallest absolute Gasteiger partial charge is 0.215 e. The summed E-state index contributed by atoms with van der Waals surface area (Å²) in [6.07, 6.45) is 2.81. The summed E-state index contributed by atoms with van der Waals surface area (Å²) in [5.41, 5.74) is 3.23. The van der Waals surface area contributed by atoms with Crippen molar-refractivity contribution in [1.82, 2.24) is 9.88 Å². The Morgan fingerprint density at radius 1 is 1.32 bits per heavy atom. The van der Waals surface area contributed by atoms with E-state index >= 15 is 0 Å². The first-order valence-corrected chi connectivity index (χ1v) is 9.13. The lowest BCUT2D eigenvalue weighted by atomic mass is 9.92. The van der Waals surface area contributed by atoms with Crippen molar-refractivity contribution in [2.24, 2.45) is 0 Å². The van der Waals surface area contributed by atoms with Crippen LogP contribution in [0.5, 0.6) is 0 Å². The molecule has 5 nitrogen and oxygen atoms in total. The minimum absolute atomic E-state index is 0.160. The van der Waals surface area contributed by atoms with E-state index in [0.29, 0.717) is 18.6 Å². The van der Waals surface area contributed by atoms with Crippen LogP contribution in [0.1, 0.15) is 35.9 Å². The minimum Gasteiger partial charge on any atom is -0.360 e. The Balaban J connectivity index is 1.66. The number of nitrogens with one attached hydrogen (secondary N) is 1. The van der Waals surface area contributed by atoms with Crippen molar-refractivity contribution in [3.63, 3.8) is 0 Å². The van der Waals surface area contributed by atoms with Crippen LogP contribution >= 0.6 is 0 Å². The molecule has 1 N–H and O–H groups in total. The van der Waals surface area contributed by atoms with E-state index in [1.807, 2.05) is 25.1 Å². The van der Waals surface area contributed by atoms with Crippen LogP contribution in [0.2, 0.25) is 0 Å². The maximum atomic E-state index is 12.5. The number of fused-ring (bicyclic) bond motifs is 1. The second kappa shape index (κ2) is 6.22. The van der Waals surface area contributed by atoms with Gasteiger partial charge in [0.05, 0.1) is 17.5 Å². The van der Waals surface area contributed by atoms with Crippen LogP contribution in [0.4, 0.5) is 0 Å². The fraction of sp³-hybridized carbons (Fsp3) is 0.438. The summed E-state index contributed by atoms with van der Waals surface area (Å²) in [5.74, 6) is 0.552. The molecule has 0 saturated carbocycles. The lowest BCUT2D eigenvalue weighted by Gasteiger charge is -2.24. The molecule has 0 radical (unpaired) electrons. The number of aromatic nitrogens is 1. The standard InChI is InChI=1S/C16H20N2O3S/c1-2-14-10-15(21-18-14)11-17-22(19,20)16-8-7-12-5-3-4-6-13(12)9-16/h3-6,10,16-17H,2,7-9,11H2,1H3. The molecule has 1 aromatic carbocycles. The monoisotopic (exact) mass is 320 g/mol. The number of nitrogens with zero attached hydrogens (tertiary/aromatic N) is 1. The van der Waals surface area contributed by atoms with Gasteiger partial charge in [-0.3, -0.25) is 0 Å². The highest BCUT2D eigenvalue weighted by Gasteiger charge is 2.29. The second-order valence-corrected chi connectivity index (χ2v) is 7.68. The number of rotatable bonds is 5. The molecule has 0 saturated heterocycles. The molecule has 2 aromatic rings. The summed E-state index contributed by atoms with van der Waals surface area (Å²) in [4.78, 5) is 0. The summed E-state index contributed by atoms with van der Waals surface area (Å²) in [6.45, 7) is 2.14. The van der Waals surface area contributed by atoms with Gasteiger partial charge in [0.15, 0.2) is 5.76 Å². The van der Waals surface area contributed by atoms with Crippen molar-refractivity contribution in [1.29, 1.82) is 0 Å². The van der Waals surface area contributed by atoms with Crippen molar-refractivity contribution in [3.05, 3.63) is 52.9 Å². The first kappa shape index (κ1) is 15.2. The Hall–Kier alpha value is -1.66. The third-order valence-electron chi connectivity index (χ3n) is 4.16. The van der Waals surface area contributed by atoms with Crippen LogP contribution in [0.3, 0.4) is 0 Å². The molecule has 118 valence electrons. The molecule has 1 heterocycles. The molecular formula is C16H20N2O3S. The van der Waals surface area contributed by atoms with Gasteiger partial charge < -0.3 is 4.52 Å². The number of hydrogen-bond acceptors (Lipinski definition) is 4. The van der Waals surface area contributed by atoms with Gasteiger partial charge in [0.1, 0.15) is 0 Å². The van der Waals surface area contributed by atoms with E-state index < -0.39 is 10.0 Å². The zero-order chi connectivity index (χ0) is 15.6. The van der Waals surface area contributed by atoms with E-state index in [-0.39, 0.29) is 11.8 Å². The minimum atomic E-state index is -3.36. The molecule has 3 rings (SSSR count). The summed E-state index contributed by atoms with van der Waals surface area (Å²) < 4.78 is 32.7. The molecular weight excluding hydrogens is 300 g/mol. The van der Waals surface area contributed by atoms with Crippen molar-refractivity contribution in [3.8, 4) is 0 Å². The molecule has 0 spiro atoms. The van der Waals surface area contributed by atoms with E-state index in [1.54, 1.807) is 6.07 Å². The lowest BCUT2D eigenvalue weighted by molar-refractivity contribution is 0.374. The van der Waals surface area contributed by atoms with Gasteiger partial charge in [0, 0.05) is 6.07 Å². The molecule has 1 aromatic heterocycles. The Morgan fingerprint density at radius 3 is 2.82 bits per heavy atom. The highest BCUT2D eigenvalue weighted by atomic mass is 32.2. The second-order valence-electron chi connectivity index (χ2n) is 5.64. The zero-order valence-corrected chi connectivity index (χ0v) is 13.4. The number of sulfonamides is 1. The molecule has 1 aliphatic rings. The van der Waals surface area contributed by atoms with Crippen molar-refractivity contribution in [2.45, 2.75) is 44.4 Å². The number of aryl methyl sites for hydroxylation is 2. The van der Waals surface area contributed by atoms with Gasteiger partial charge in [-0.1, -0.05) is 36.3 Å². The molecule has 0 bridgehead atoms. The molecule has 6 heteroatoms. The summed E-state index contributed by atoms with van der Waals surface area (Å²) in [7, 11) is -3.36. The highest BCUT2D eigenvalue weighted by molar-refractivity contribution is 7.90. The largest absolute Gasteiger partial charge is 0.360 e. The topological polar surface area (TPSA) is 72.2 Å². The van der Waals surface area contributed by atoms with Gasteiger partial charge in [0.25, 0.3) is 0 Å². The van der Waals surface area contributed by atoms with Crippen LogP contribution in [-0.2, 0) is 35.8 Å². The molecule has 1 aliphatic carbocycles. The van der Waals surface area contributed by atoms with Crippen molar-refractivity contribution in [2.75, 3.05) is 0 Å². The maximum absolute atomic E-state index is 12.5. The number of hydrogen-bond donors (Lipinski definition) is 1. The van der Waals surface area contributed by atoms with Gasteiger partial charge in [-0.15, -0.1) is 0 Å². The van der Waals surface area contributed by atoms with Crippen LogP contribution < -0.4 is 4.72 Å². The van der Waals surface area contributed by atoms with Gasteiger partial charge >= 0.3 is 0 Å². The van der Waals surface area contributed by atoms with Gasteiger partial charge in [0.2, 0.25) is 10.0 Å². The fourth-order valence-electron chi connectivity index (χ4n) is 2.82. The molecule has 0 fully saturated rings. The van der Waals surface area contributed by atoms with Crippen molar-refractivity contribution < 1.29 is 12.9 Å². The van der Waals surface area contributed by atoms with E-state index in [9.17, 15) is 8.42 Å². The Kier molecular flexibility index (Phi) is 4.31. The third kappa shape index (κ3) is 3.23. The van der Waals surface area contributed by atoms with E-state index in [2.05, 4.69) is 15.9 Å². The molecule has 1 unspecified atom stereocenters. The predicted molar refractivity (Wildman–Crippen MR) is 83.9 cm³/mol. The summed E-state index contributed by atoms with van der Waals surface area (Å²) in [6, 6.07) is 9.84. The first-order valence-electron chi connectivity index (χ1n) is 7.58.